The summed E-state index contributed by atoms with van der Waals surface area (Å²) in [5.41, 5.74) is 5.68. The van der Waals surface area contributed by atoms with Gasteiger partial charge in [-0.2, -0.15) is 0 Å². The lowest BCUT2D eigenvalue weighted by Crippen LogP contribution is -2.49. The van der Waals surface area contributed by atoms with Gasteiger partial charge in [-0.25, -0.2) is 0 Å². The maximum Gasteiger partial charge on any atom is 0.270 e. The molecule has 1 fully saturated rings. The highest BCUT2D eigenvalue weighted by molar-refractivity contribution is 5.93. The summed E-state index contributed by atoms with van der Waals surface area (Å²) in [5, 5.41) is 0. The molecule has 2 heterocycles. The topological polar surface area (TPSA) is 39.3 Å². The number of benzene rings is 1. The molecule has 4 heteroatoms. The van der Waals surface area contributed by atoms with Gasteiger partial charge in [-0.15, -0.1) is 0 Å². The molecule has 4 rings (SSSR count). The van der Waals surface area contributed by atoms with Crippen molar-refractivity contribution in [1.82, 2.24) is 14.8 Å². The average molecular weight is 392 g/mol. The molecule has 154 valence electrons. The minimum absolute atomic E-state index is 0.123. The van der Waals surface area contributed by atoms with E-state index in [1.165, 1.54) is 24.0 Å². The van der Waals surface area contributed by atoms with Crippen molar-refractivity contribution in [2.24, 2.45) is 0 Å². The largest absolute Gasteiger partial charge is 0.354 e. The smallest absolute Gasteiger partial charge is 0.270 e. The normalized spacial score (nSPS) is 22.1. The van der Waals surface area contributed by atoms with Crippen LogP contribution in [0.5, 0.6) is 0 Å². The highest BCUT2D eigenvalue weighted by Gasteiger charge is 2.33. The number of rotatable bonds is 5. The third-order valence-corrected chi connectivity index (χ3v) is 6.84. The summed E-state index contributed by atoms with van der Waals surface area (Å²) in [4.78, 5) is 21.3. The quantitative estimate of drug-likeness (QED) is 0.795. The van der Waals surface area contributed by atoms with Crippen molar-refractivity contribution in [3.8, 4) is 0 Å². The maximum atomic E-state index is 13.3. The third kappa shape index (κ3) is 4.04. The van der Waals surface area contributed by atoms with Gasteiger partial charge < -0.3 is 9.88 Å². The first-order valence-corrected chi connectivity index (χ1v) is 11.0. The van der Waals surface area contributed by atoms with Crippen LogP contribution in [0.4, 0.5) is 0 Å². The van der Waals surface area contributed by atoms with Crippen molar-refractivity contribution < 1.29 is 4.79 Å². The first-order chi connectivity index (χ1) is 14.1. The van der Waals surface area contributed by atoms with Gasteiger partial charge in [-0.3, -0.25) is 9.69 Å². The van der Waals surface area contributed by atoms with Crippen molar-refractivity contribution in [3.05, 3.63) is 65.0 Å². The van der Waals surface area contributed by atoms with Gasteiger partial charge in [0.15, 0.2) is 0 Å². The molecule has 1 amide bonds. The Morgan fingerprint density at radius 3 is 2.83 bits per heavy atom. The molecule has 2 unspecified atom stereocenters. The molecule has 0 spiro atoms. The summed E-state index contributed by atoms with van der Waals surface area (Å²) in [5.74, 6) is 0.123. The van der Waals surface area contributed by atoms with Gasteiger partial charge in [-0.05, 0) is 68.7 Å². The van der Waals surface area contributed by atoms with Crippen LogP contribution >= 0.6 is 0 Å². The Morgan fingerprint density at radius 1 is 1.31 bits per heavy atom. The van der Waals surface area contributed by atoms with Gasteiger partial charge >= 0.3 is 0 Å². The van der Waals surface area contributed by atoms with Crippen LogP contribution < -0.4 is 0 Å². The van der Waals surface area contributed by atoms with Crippen molar-refractivity contribution in [2.45, 2.75) is 64.6 Å². The van der Waals surface area contributed by atoms with Crippen LogP contribution in [0.1, 0.15) is 65.5 Å². The molecule has 1 aromatic carbocycles. The molecule has 2 atom stereocenters. The predicted octanol–water partition coefficient (Wildman–Crippen LogP) is 4.80. The van der Waals surface area contributed by atoms with Crippen LogP contribution in [0.25, 0.3) is 6.08 Å². The molecular formula is C25H33N3O. The van der Waals surface area contributed by atoms with Crippen LogP contribution in [-0.4, -0.2) is 45.9 Å². The number of hydrogen-bond acceptors (Lipinski definition) is 2. The van der Waals surface area contributed by atoms with Crippen LogP contribution in [0.2, 0.25) is 0 Å². The predicted molar refractivity (Wildman–Crippen MR) is 119 cm³/mol. The van der Waals surface area contributed by atoms with Crippen molar-refractivity contribution in [1.29, 1.82) is 0 Å². The molecule has 29 heavy (non-hydrogen) atoms. The SMILES string of the molecule is C=Cc1cc(C(=O)N(CC)C2CCCC(N3CCc4ccccc4C3)C2)[nH]c1C. The van der Waals surface area contributed by atoms with E-state index in [4.69, 9.17) is 0 Å². The Labute approximate surface area is 174 Å². The molecule has 4 nitrogen and oxygen atoms in total. The summed E-state index contributed by atoms with van der Waals surface area (Å²) in [6, 6.07) is 11.7. The summed E-state index contributed by atoms with van der Waals surface area (Å²) >= 11 is 0. The number of carbonyl (C=O) groups excluding carboxylic acids is 1. The molecule has 1 N–H and O–H groups in total. The Morgan fingerprint density at radius 2 is 2.10 bits per heavy atom. The van der Waals surface area contributed by atoms with E-state index in [1.807, 2.05) is 19.1 Å². The number of carbonyl (C=O) groups is 1. The first kappa shape index (κ1) is 20.0. The minimum Gasteiger partial charge on any atom is -0.354 e. The molecule has 1 aliphatic heterocycles. The molecule has 0 saturated heterocycles. The molecular weight excluding hydrogens is 358 g/mol. The third-order valence-electron chi connectivity index (χ3n) is 6.84. The number of aromatic nitrogens is 1. The summed E-state index contributed by atoms with van der Waals surface area (Å²) in [7, 11) is 0. The lowest BCUT2D eigenvalue weighted by molar-refractivity contribution is 0.0516. The van der Waals surface area contributed by atoms with Crippen LogP contribution in [0.3, 0.4) is 0 Å². The summed E-state index contributed by atoms with van der Waals surface area (Å²) < 4.78 is 0. The highest BCUT2D eigenvalue weighted by atomic mass is 16.2. The Balaban J connectivity index is 1.46. The molecule has 2 aliphatic rings. The van der Waals surface area contributed by atoms with E-state index in [0.29, 0.717) is 17.8 Å². The number of H-pyrrole nitrogens is 1. The maximum absolute atomic E-state index is 13.3. The number of nitrogens with zero attached hydrogens (tertiary/aromatic N) is 2. The first-order valence-electron chi connectivity index (χ1n) is 11.0. The summed E-state index contributed by atoms with van der Waals surface area (Å²) in [6.45, 7) is 10.9. The second-order valence-electron chi connectivity index (χ2n) is 8.52. The van der Waals surface area contributed by atoms with Gasteiger partial charge in [0.1, 0.15) is 5.69 Å². The van der Waals surface area contributed by atoms with E-state index in [9.17, 15) is 4.79 Å². The fourth-order valence-electron chi connectivity index (χ4n) is 5.21. The fourth-order valence-corrected chi connectivity index (χ4v) is 5.21. The van der Waals surface area contributed by atoms with Gasteiger partial charge in [-0.1, -0.05) is 36.9 Å². The van der Waals surface area contributed by atoms with Gasteiger partial charge in [0, 0.05) is 37.4 Å². The van der Waals surface area contributed by atoms with Gasteiger partial charge in [0.25, 0.3) is 5.91 Å². The number of fused-ring (bicyclic) bond motifs is 1. The highest BCUT2D eigenvalue weighted by Crippen LogP contribution is 2.31. The fraction of sp³-hybridized carbons (Fsp3) is 0.480. The van der Waals surface area contributed by atoms with E-state index < -0.39 is 0 Å². The molecule has 1 aliphatic carbocycles. The van der Waals surface area contributed by atoms with Crippen LogP contribution in [0, 0.1) is 6.92 Å². The molecule has 2 aromatic rings. The van der Waals surface area contributed by atoms with E-state index in [-0.39, 0.29) is 5.91 Å². The molecule has 1 saturated carbocycles. The van der Waals surface area contributed by atoms with Crippen LogP contribution in [0.15, 0.2) is 36.9 Å². The Kier molecular flexibility index (Phi) is 5.91. The second kappa shape index (κ2) is 8.58. The lowest BCUT2D eigenvalue weighted by Gasteiger charge is -2.43. The summed E-state index contributed by atoms with van der Waals surface area (Å²) in [6.07, 6.45) is 7.57. The van der Waals surface area contributed by atoms with Crippen molar-refractivity contribution >= 4 is 12.0 Å². The molecule has 0 bridgehead atoms. The van der Waals surface area contributed by atoms with Gasteiger partial charge in [0.05, 0.1) is 0 Å². The van der Waals surface area contributed by atoms with Gasteiger partial charge in [0.2, 0.25) is 0 Å². The Bertz CT molecular complexity index is 884. The molecule has 1 aromatic heterocycles. The van der Waals surface area contributed by atoms with Crippen LogP contribution in [-0.2, 0) is 13.0 Å². The zero-order chi connectivity index (χ0) is 20.4. The standard InChI is InChI=1S/C25H33N3O/c1-4-19-15-24(26-18(19)3)25(29)28(5-2)23-12-8-11-22(16-23)27-14-13-20-9-6-7-10-21(20)17-27/h4,6-7,9-10,15,22-23,26H,1,5,8,11-14,16-17H2,2-3H3. The van der Waals surface area contributed by atoms with Crippen molar-refractivity contribution in [3.63, 3.8) is 0 Å². The zero-order valence-electron chi connectivity index (χ0n) is 17.8. The van der Waals surface area contributed by atoms with E-state index in [1.54, 1.807) is 0 Å². The number of nitrogens with one attached hydrogen (secondary N) is 1. The average Bonchev–Trinajstić information content (AvgIpc) is 3.15. The van der Waals surface area contributed by atoms with Crippen molar-refractivity contribution in [2.75, 3.05) is 13.1 Å². The van der Waals surface area contributed by atoms with E-state index in [0.717, 1.165) is 50.2 Å². The minimum atomic E-state index is 0.123. The second-order valence-corrected chi connectivity index (χ2v) is 8.52. The Hall–Kier alpha value is -2.33. The van der Waals surface area contributed by atoms with E-state index >= 15 is 0 Å². The number of aromatic amines is 1. The number of amides is 1. The monoisotopic (exact) mass is 391 g/mol. The lowest BCUT2D eigenvalue weighted by atomic mass is 9.87. The number of aryl methyl sites for hydroxylation is 1. The zero-order valence-corrected chi connectivity index (χ0v) is 17.8. The number of hydrogen-bond donors (Lipinski definition) is 1. The molecule has 0 radical (unpaired) electrons. The van der Waals surface area contributed by atoms with E-state index in [2.05, 4.69) is 52.6 Å².